The van der Waals surface area contributed by atoms with E-state index < -0.39 is 5.76 Å². The van der Waals surface area contributed by atoms with E-state index in [0.717, 1.165) is 0 Å². The van der Waals surface area contributed by atoms with Gasteiger partial charge in [0.2, 0.25) is 11.8 Å². The molecule has 2 rings (SSSR count). The summed E-state index contributed by atoms with van der Waals surface area (Å²) >= 11 is 0. The van der Waals surface area contributed by atoms with Crippen LogP contribution in [0, 0.1) is 5.92 Å². The first-order valence-corrected chi connectivity index (χ1v) is 7.12. The highest BCUT2D eigenvalue weighted by Crippen LogP contribution is 2.11. The molecule has 0 saturated carbocycles. The fourth-order valence-electron chi connectivity index (χ4n) is 1.95. The number of hydrogen-bond donors (Lipinski definition) is 2. The molecule has 0 bridgehead atoms. The third-order valence-electron chi connectivity index (χ3n) is 3.15. The maximum Gasteiger partial charge on any atom is 0.420 e. The standard InChI is InChI=1S/C15H19N3O4/c1-10(2)14(20)17-8-7-16-13(19)9-18-11-5-3-4-6-12(11)22-15(18)21/h3-6,10H,7-9H2,1-2H3,(H,16,19)(H,17,20). The van der Waals surface area contributed by atoms with Crippen LogP contribution >= 0.6 is 0 Å². The average Bonchev–Trinajstić information content (AvgIpc) is 2.79. The summed E-state index contributed by atoms with van der Waals surface area (Å²) in [5.74, 6) is -1.03. The van der Waals surface area contributed by atoms with Gasteiger partial charge in [-0.3, -0.25) is 14.2 Å². The zero-order valence-corrected chi connectivity index (χ0v) is 12.6. The number of carbonyl (C=O) groups excluding carboxylic acids is 2. The van der Waals surface area contributed by atoms with Gasteiger partial charge in [-0.2, -0.15) is 0 Å². The molecule has 1 aromatic carbocycles. The molecular weight excluding hydrogens is 286 g/mol. The van der Waals surface area contributed by atoms with Crippen LogP contribution < -0.4 is 16.4 Å². The van der Waals surface area contributed by atoms with Crippen LogP contribution in [0.3, 0.4) is 0 Å². The number of hydrogen-bond acceptors (Lipinski definition) is 4. The van der Waals surface area contributed by atoms with Crippen LogP contribution in [0.5, 0.6) is 0 Å². The van der Waals surface area contributed by atoms with E-state index in [4.69, 9.17) is 4.42 Å². The number of rotatable bonds is 6. The first kappa shape index (κ1) is 15.8. The predicted octanol–water partition coefficient (Wildman–Crippen LogP) is 0.483. The van der Waals surface area contributed by atoms with Gasteiger partial charge in [-0.1, -0.05) is 26.0 Å². The smallest absolute Gasteiger partial charge is 0.408 e. The van der Waals surface area contributed by atoms with Gasteiger partial charge < -0.3 is 15.1 Å². The molecule has 118 valence electrons. The second kappa shape index (κ2) is 6.93. The van der Waals surface area contributed by atoms with Gasteiger partial charge in [-0.15, -0.1) is 0 Å². The molecule has 0 radical (unpaired) electrons. The molecule has 0 fully saturated rings. The molecule has 7 heteroatoms. The Morgan fingerprint density at radius 3 is 2.59 bits per heavy atom. The quantitative estimate of drug-likeness (QED) is 0.759. The summed E-state index contributed by atoms with van der Waals surface area (Å²) in [7, 11) is 0. The summed E-state index contributed by atoms with van der Waals surface area (Å²) in [5, 5.41) is 5.35. The van der Waals surface area contributed by atoms with Crippen LogP contribution in [0.2, 0.25) is 0 Å². The SMILES string of the molecule is CC(C)C(=O)NCCNC(=O)Cn1c(=O)oc2ccccc21. The topological polar surface area (TPSA) is 93.3 Å². The molecule has 0 saturated heterocycles. The monoisotopic (exact) mass is 305 g/mol. The molecule has 7 nitrogen and oxygen atoms in total. The van der Waals surface area contributed by atoms with E-state index in [2.05, 4.69) is 10.6 Å². The van der Waals surface area contributed by atoms with Gasteiger partial charge in [0.15, 0.2) is 5.58 Å². The third-order valence-corrected chi connectivity index (χ3v) is 3.15. The number of oxazole rings is 1. The summed E-state index contributed by atoms with van der Waals surface area (Å²) < 4.78 is 6.33. The number of nitrogens with one attached hydrogen (secondary N) is 2. The third kappa shape index (κ3) is 3.75. The molecule has 0 aliphatic heterocycles. The zero-order valence-electron chi connectivity index (χ0n) is 12.6. The van der Waals surface area contributed by atoms with Crippen molar-refractivity contribution in [3.05, 3.63) is 34.8 Å². The average molecular weight is 305 g/mol. The van der Waals surface area contributed by atoms with E-state index in [1.165, 1.54) is 4.57 Å². The minimum Gasteiger partial charge on any atom is -0.408 e. The van der Waals surface area contributed by atoms with Crippen molar-refractivity contribution in [2.75, 3.05) is 13.1 Å². The van der Waals surface area contributed by atoms with Crippen molar-refractivity contribution in [3.63, 3.8) is 0 Å². The number of nitrogens with zero attached hydrogens (tertiary/aromatic N) is 1. The van der Waals surface area contributed by atoms with E-state index in [1.54, 1.807) is 38.1 Å². The van der Waals surface area contributed by atoms with Crippen molar-refractivity contribution >= 4 is 22.9 Å². The summed E-state index contributed by atoms with van der Waals surface area (Å²) in [6.07, 6.45) is 0. The predicted molar refractivity (Wildman–Crippen MR) is 81.3 cm³/mol. The lowest BCUT2D eigenvalue weighted by molar-refractivity contribution is -0.124. The maximum atomic E-state index is 11.9. The van der Waals surface area contributed by atoms with Crippen LogP contribution in [0.4, 0.5) is 0 Å². The van der Waals surface area contributed by atoms with Gasteiger partial charge in [0, 0.05) is 19.0 Å². The lowest BCUT2D eigenvalue weighted by Crippen LogP contribution is -2.38. The molecule has 2 N–H and O–H groups in total. The Morgan fingerprint density at radius 1 is 1.18 bits per heavy atom. The van der Waals surface area contributed by atoms with Crippen LogP contribution in [0.25, 0.3) is 11.1 Å². The first-order chi connectivity index (χ1) is 10.5. The minimum atomic E-state index is -0.565. The molecule has 2 aromatic rings. The van der Waals surface area contributed by atoms with Gasteiger partial charge in [0.25, 0.3) is 0 Å². The number of fused-ring (bicyclic) bond motifs is 1. The first-order valence-electron chi connectivity index (χ1n) is 7.12. The highest BCUT2D eigenvalue weighted by molar-refractivity contribution is 5.80. The Labute approximate surface area is 127 Å². The van der Waals surface area contributed by atoms with Crippen LogP contribution in [-0.2, 0) is 16.1 Å². The van der Waals surface area contributed by atoms with E-state index >= 15 is 0 Å². The van der Waals surface area contributed by atoms with Crippen molar-refractivity contribution in [2.45, 2.75) is 20.4 Å². The Morgan fingerprint density at radius 2 is 1.86 bits per heavy atom. The Bertz CT molecular complexity index is 730. The molecule has 1 aromatic heterocycles. The van der Waals surface area contributed by atoms with Crippen molar-refractivity contribution in [1.29, 1.82) is 0 Å². The fourth-order valence-corrected chi connectivity index (χ4v) is 1.95. The fraction of sp³-hybridized carbons (Fsp3) is 0.400. The van der Waals surface area contributed by atoms with Crippen LogP contribution in [0.15, 0.2) is 33.5 Å². The van der Waals surface area contributed by atoms with Crippen molar-refractivity contribution < 1.29 is 14.0 Å². The number of aromatic nitrogens is 1. The molecule has 0 spiro atoms. The van der Waals surface area contributed by atoms with Gasteiger partial charge >= 0.3 is 5.76 Å². The summed E-state index contributed by atoms with van der Waals surface area (Å²) in [6, 6.07) is 6.92. The number of carbonyl (C=O) groups is 2. The van der Waals surface area contributed by atoms with Crippen LogP contribution in [-0.4, -0.2) is 29.5 Å². The molecule has 0 aliphatic rings. The number of amides is 2. The van der Waals surface area contributed by atoms with Gasteiger partial charge in [-0.25, -0.2) is 4.79 Å². The largest absolute Gasteiger partial charge is 0.420 e. The molecule has 0 atom stereocenters. The second-order valence-electron chi connectivity index (χ2n) is 5.22. The van der Waals surface area contributed by atoms with Gasteiger partial charge in [0.05, 0.1) is 5.52 Å². The van der Waals surface area contributed by atoms with Crippen molar-refractivity contribution in [3.8, 4) is 0 Å². The van der Waals surface area contributed by atoms with Crippen LogP contribution in [0.1, 0.15) is 13.8 Å². The van der Waals surface area contributed by atoms with E-state index in [0.29, 0.717) is 24.2 Å². The van der Waals surface area contributed by atoms with E-state index in [1.807, 2.05) is 0 Å². The lowest BCUT2D eigenvalue weighted by Gasteiger charge is -2.09. The second-order valence-corrected chi connectivity index (χ2v) is 5.22. The highest BCUT2D eigenvalue weighted by Gasteiger charge is 2.12. The Kier molecular flexibility index (Phi) is 4.98. The van der Waals surface area contributed by atoms with Crippen molar-refractivity contribution in [1.82, 2.24) is 15.2 Å². The Hall–Kier alpha value is -2.57. The highest BCUT2D eigenvalue weighted by atomic mass is 16.4. The molecule has 2 amide bonds. The zero-order chi connectivity index (χ0) is 16.1. The summed E-state index contributed by atoms with van der Waals surface area (Å²) in [6.45, 7) is 4.13. The van der Waals surface area contributed by atoms with Gasteiger partial charge in [0.1, 0.15) is 6.54 Å². The van der Waals surface area contributed by atoms with Gasteiger partial charge in [-0.05, 0) is 12.1 Å². The van der Waals surface area contributed by atoms with E-state index in [9.17, 15) is 14.4 Å². The molecule has 1 heterocycles. The minimum absolute atomic E-state index is 0.0636. The maximum absolute atomic E-state index is 11.9. The van der Waals surface area contributed by atoms with E-state index in [-0.39, 0.29) is 24.3 Å². The molecule has 0 unspecified atom stereocenters. The molecule has 0 aliphatic carbocycles. The van der Waals surface area contributed by atoms with Crippen molar-refractivity contribution in [2.24, 2.45) is 5.92 Å². The normalized spacial score (nSPS) is 10.9. The summed E-state index contributed by atoms with van der Waals surface area (Å²) in [5.41, 5.74) is 1.03. The molecule has 22 heavy (non-hydrogen) atoms. The lowest BCUT2D eigenvalue weighted by atomic mass is 10.2. The summed E-state index contributed by atoms with van der Waals surface area (Å²) in [4.78, 5) is 34.9. The number of para-hydroxylation sites is 2. The Balaban J connectivity index is 1.88. The molecular formula is C15H19N3O4. The number of benzene rings is 1.